The van der Waals surface area contributed by atoms with Gasteiger partial charge in [0.2, 0.25) is 0 Å². The number of anilines is 1. The number of methoxy groups -OCH3 is 1. The molecule has 160 valence electrons. The van der Waals surface area contributed by atoms with Crippen molar-refractivity contribution in [3.63, 3.8) is 0 Å². The number of benzene rings is 1. The molecule has 30 heavy (non-hydrogen) atoms. The van der Waals surface area contributed by atoms with E-state index in [1.165, 1.54) is 5.56 Å². The molecule has 0 amide bonds. The zero-order valence-corrected chi connectivity index (χ0v) is 18.5. The van der Waals surface area contributed by atoms with Crippen LogP contribution in [0.1, 0.15) is 26.3 Å². The number of hydrogen-bond donors (Lipinski definition) is 0. The van der Waals surface area contributed by atoms with Crippen LogP contribution in [0, 0.1) is 0 Å². The zero-order valence-electron chi connectivity index (χ0n) is 18.5. The number of piperazine rings is 1. The van der Waals surface area contributed by atoms with E-state index in [0.717, 1.165) is 62.1 Å². The Morgan fingerprint density at radius 1 is 0.967 bits per heavy atom. The van der Waals surface area contributed by atoms with Gasteiger partial charge in [0.05, 0.1) is 13.3 Å². The Morgan fingerprint density at radius 3 is 2.30 bits per heavy atom. The second-order valence-electron chi connectivity index (χ2n) is 6.92. The summed E-state index contributed by atoms with van der Waals surface area (Å²) in [6.45, 7) is 11.8. The number of aromatic nitrogens is 4. The molecule has 0 aliphatic carbocycles. The highest BCUT2D eigenvalue weighted by Gasteiger charge is 2.21. The van der Waals surface area contributed by atoms with Gasteiger partial charge in [-0.15, -0.1) is 0 Å². The van der Waals surface area contributed by atoms with Crippen molar-refractivity contribution in [2.45, 2.75) is 33.9 Å². The molecule has 4 rings (SSSR count). The maximum absolute atomic E-state index is 5.26. The highest BCUT2D eigenvalue weighted by Crippen LogP contribution is 2.28. The number of aryl methyl sites for hydroxylation is 1. The van der Waals surface area contributed by atoms with E-state index in [-0.39, 0.29) is 0 Å². The molecular formula is C23H32N6O. The predicted molar refractivity (Wildman–Crippen MR) is 121 cm³/mol. The molecule has 7 heteroatoms. The molecule has 1 aromatic carbocycles. The van der Waals surface area contributed by atoms with E-state index >= 15 is 0 Å². The third-order valence-corrected chi connectivity index (χ3v) is 5.13. The van der Waals surface area contributed by atoms with Crippen LogP contribution in [-0.4, -0.2) is 57.9 Å². The molecule has 0 atom stereocenters. The van der Waals surface area contributed by atoms with E-state index in [2.05, 4.69) is 38.0 Å². The molecule has 1 fully saturated rings. The Labute approximate surface area is 179 Å². The molecule has 0 spiro atoms. The second kappa shape index (κ2) is 10.7. The fourth-order valence-corrected chi connectivity index (χ4v) is 3.55. The Kier molecular flexibility index (Phi) is 7.79. The largest absolute Gasteiger partial charge is 0.497 e. The van der Waals surface area contributed by atoms with Crippen LogP contribution < -0.4 is 9.64 Å². The normalized spacial score (nSPS) is 14.2. The molecule has 0 N–H and O–H groups in total. The van der Waals surface area contributed by atoms with Crippen molar-refractivity contribution in [2.75, 3.05) is 38.2 Å². The monoisotopic (exact) mass is 408 g/mol. The lowest BCUT2D eigenvalue weighted by Crippen LogP contribution is -2.46. The van der Waals surface area contributed by atoms with Crippen LogP contribution in [0.25, 0.3) is 11.3 Å². The van der Waals surface area contributed by atoms with Gasteiger partial charge in [-0.2, -0.15) is 5.10 Å². The van der Waals surface area contributed by atoms with Crippen molar-refractivity contribution in [1.29, 1.82) is 0 Å². The fraction of sp³-hybridized carbons (Fsp3) is 0.435. The average molecular weight is 409 g/mol. The molecular weight excluding hydrogens is 376 g/mol. The summed E-state index contributed by atoms with van der Waals surface area (Å²) in [6.07, 6.45) is 7.63. The maximum atomic E-state index is 5.26. The van der Waals surface area contributed by atoms with Crippen LogP contribution in [0.4, 0.5) is 5.82 Å². The summed E-state index contributed by atoms with van der Waals surface area (Å²) in [6, 6.07) is 7.99. The highest BCUT2D eigenvalue weighted by atomic mass is 16.5. The summed E-state index contributed by atoms with van der Waals surface area (Å²) in [5.41, 5.74) is 3.25. The molecule has 1 saturated heterocycles. The molecule has 3 aromatic rings. The number of nitrogens with zero attached hydrogens (tertiary/aromatic N) is 6. The summed E-state index contributed by atoms with van der Waals surface area (Å²) in [5.74, 6) is 1.79. The number of rotatable bonds is 6. The van der Waals surface area contributed by atoms with E-state index in [1.807, 2.05) is 49.0 Å². The van der Waals surface area contributed by atoms with E-state index in [9.17, 15) is 0 Å². The zero-order chi connectivity index (χ0) is 21.3. The highest BCUT2D eigenvalue weighted by molar-refractivity contribution is 5.72. The van der Waals surface area contributed by atoms with Crippen molar-refractivity contribution in [3.8, 4) is 17.0 Å². The molecule has 0 saturated carbocycles. The lowest BCUT2D eigenvalue weighted by molar-refractivity contribution is 0.249. The van der Waals surface area contributed by atoms with Gasteiger partial charge in [-0.25, -0.2) is 4.98 Å². The number of hydrogen-bond acceptors (Lipinski definition) is 6. The van der Waals surface area contributed by atoms with E-state index in [4.69, 9.17) is 4.74 Å². The lowest BCUT2D eigenvalue weighted by atomic mass is 10.1. The minimum atomic E-state index is 0.842. The molecule has 3 heterocycles. The van der Waals surface area contributed by atoms with Gasteiger partial charge in [0, 0.05) is 69.0 Å². The first-order valence-corrected chi connectivity index (χ1v) is 10.7. The Balaban J connectivity index is 0.00000124. The Bertz CT molecular complexity index is 900. The molecule has 2 aromatic heterocycles. The average Bonchev–Trinajstić information content (AvgIpc) is 3.28. The van der Waals surface area contributed by atoms with Crippen molar-refractivity contribution in [1.82, 2.24) is 24.6 Å². The summed E-state index contributed by atoms with van der Waals surface area (Å²) in [4.78, 5) is 14.1. The maximum Gasteiger partial charge on any atom is 0.155 e. The summed E-state index contributed by atoms with van der Waals surface area (Å²) < 4.78 is 7.24. The van der Waals surface area contributed by atoms with Crippen LogP contribution in [0.5, 0.6) is 5.75 Å². The van der Waals surface area contributed by atoms with Gasteiger partial charge >= 0.3 is 0 Å². The summed E-state index contributed by atoms with van der Waals surface area (Å²) in [5, 5.41) is 4.37. The third kappa shape index (κ3) is 5.16. The van der Waals surface area contributed by atoms with Crippen molar-refractivity contribution < 1.29 is 4.74 Å². The van der Waals surface area contributed by atoms with Gasteiger partial charge in [0.25, 0.3) is 0 Å². The van der Waals surface area contributed by atoms with Gasteiger partial charge in [-0.1, -0.05) is 13.8 Å². The fourth-order valence-electron chi connectivity index (χ4n) is 3.55. The lowest BCUT2D eigenvalue weighted by Gasteiger charge is -2.35. The quantitative estimate of drug-likeness (QED) is 0.620. The van der Waals surface area contributed by atoms with Gasteiger partial charge in [-0.3, -0.25) is 14.6 Å². The van der Waals surface area contributed by atoms with E-state index in [0.29, 0.717) is 0 Å². The van der Waals surface area contributed by atoms with Crippen LogP contribution in [0.15, 0.2) is 49.1 Å². The standard InChI is InChI=1S/C21H26N6O.C2H6/c1-3-27-16-17(14-24-27)15-25-10-12-26(13-11-25)21-20(22-8-9-23-21)18-4-6-19(28-2)7-5-18;1-2/h4-9,14,16H,3,10-13,15H2,1-2H3;1-2H3. The van der Waals surface area contributed by atoms with Crippen molar-refractivity contribution >= 4 is 5.82 Å². The van der Waals surface area contributed by atoms with Crippen LogP contribution in [0.2, 0.25) is 0 Å². The molecule has 0 unspecified atom stereocenters. The van der Waals surface area contributed by atoms with Gasteiger partial charge in [0.15, 0.2) is 5.82 Å². The van der Waals surface area contributed by atoms with Crippen LogP contribution in [0.3, 0.4) is 0 Å². The molecule has 1 aliphatic heterocycles. The SMILES string of the molecule is CC.CCn1cc(CN2CCN(c3nccnc3-c3ccc(OC)cc3)CC2)cn1. The van der Waals surface area contributed by atoms with Crippen molar-refractivity contribution in [3.05, 3.63) is 54.6 Å². The van der Waals surface area contributed by atoms with E-state index in [1.54, 1.807) is 19.5 Å². The first kappa shape index (κ1) is 21.8. The van der Waals surface area contributed by atoms with Gasteiger partial charge in [0.1, 0.15) is 11.4 Å². The summed E-state index contributed by atoms with van der Waals surface area (Å²) >= 11 is 0. The molecule has 7 nitrogen and oxygen atoms in total. The molecule has 1 aliphatic rings. The first-order chi connectivity index (χ1) is 14.8. The second-order valence-corrected chi connectivity index (χ2v) is 6.92. The third-order valence-electron chi connectivity index (χ3n) is 5.13. The molecule has 0 radical (unpaired) electrons. The van der Waals surface area contributed by atoms with Crippen LogP contribution in [-0.2, 0) is 13.1 Å². The van der Waals surface area contributed by atoms with Crippen molar-refractivity contribution in [2.24, 2.45) is 0 Å². The van der Waals surface area contributed by atoms with Crippen LogP contribution >= 0.6 is 0 Å². The topological polar surface area (TPSA) is 59.3 Å². The number of ether oxygens (including phenoxy) is 1. The van der Waals surface area contributed by atoms with Gasteiger partial charge < -0.3 is 9.64 Å². The summed E-state index contributed by atoms with van der Waals surface area (Å²) in [7, 11) is 1.68. The Hall–Kier alpha value is -2.93. The van der Waals surface area contributed by atoms with Gasteiger partial charge in [-0.05, 0) is 31.2 Å². The molecule has 0 bridgehead atoms. The predicted octanol–water partition coefficient (Wildman–Crippen LogP) is 3.72. The first-order valence-electron chi connectivity index (χ1n) is 10.7. The van der Waals surface area contributed by atoms with E-state index < -0.39 is 0 Å². The minimum Gasteiger partial charge on any atom is -0.497 e. The Morgan fingerprint density at radius 2 is 1.67 bits per heavy atom. The smallest absolute Gasteiger partial charge is 0.155 e. The minimum absolute atomic E-state index is 0.842.